The van der Waals surface area contributed by atoms with Gasteiger partial charge in [-0.15, -0.1) is 0 Å². The van der Waals surface area contributed by atoms with Crippen LogP contribution in [-0.2, 0) is 6.54 Å². The Kier molecular flexibility index (Phi) is 3.95. The van der Waals surface area contributed by atoms with Gasteiger partial charge in [-0.3, -0.25) is 0 Å². The van der Waals surface area contributed by atoms with Gasteiger partial charge in [0.15, 0.2) is 0 Å². The van der Waals surface area contributed by atoms with Crippen molar-refractivity contribution in [3.63, 3.8) is 0 Å². The van der Waals surface area contributed by atoms with Crippen molar-refractivity contribution >= 4 is 17.3 Å². The molecule has 0 bridgehead atoms. The molecule has 1 heterocycles. The van der Waals surface area contributed by atoms with Crippen molar-refractivity contribution < 1.29 is 0 Å². The molecule has 2 nitrogen and oxygen atoms in total. The molecule has 3 rings (SSSR count). The fourth-order valence-corrected chi connectivity index (χ4v) is 3.23. The summed E-state index contributed by atoms with van der Waals surface area (Å²) in [5.41, 5.74) is 9.25. The number of rotatable bonds is 3. The number of nitrogens with two attached hydrogens (primary N) is 1. The van der Waals surface area contributed by atoms with Crippen LogP contribution in [0.5, 0.6) is 0 Å². The Morgan fingerprint density at radius 1 is 1.15 bits per heavy atom. The predicted molar refractivity (Wildman–Crippen MR) is 85.1 cm³/mol. The molecule has 1 aliphatic heterocycles. The summed E-state index contributed by atoms with van der Waals surface area (Å²) in [6.07, 6.45) is 2.41. The van der Waals surface area contributed by atoms with E-state index in [1.165, 1.54) is 24.1 Å². The maximum atomic E-state index is 6.30. The fraction of sp³-hybridized carbons (Fsp3) is 0.294. The number of nitrogens with zero attached hydrogens (tertiary/aromatic N) is 1. The van der Waals surface area contributed by atoms with E-state index in [0.29, 0.717) is 12.6 Å². The van der Waals surface area contributed by atoms with Crippen molar-refractivity contribution in [3.8, 4) is 0 Å². The third-order valence-electron chi connectivity index (χ3n) is 4.03. The predicted octanol–water partition coefficient (Wildman–Crippen LogP) is 4.14. The maximum Gasteiger partial charge on any atom is 0.0543 e. The van der Waals surface area contributed by atoms with Gasteiger partial charge >= 0.3 is 0 Å². The van der Waals surface area contributed by atoms with E-state index < -0.39 is 0 Å². The molecule has 1 atom stereocenters. The zero-order valence-corrected chi connectivity index (χ0v) is 12.2. The fourth-order valence-electron chi connectivity index (χ4n) is 2.98. The largest absolute Gasteiger partial charge is 0.364 e. The van der Waals surface area contributed by atoms with Crippen molar-refractivity contribution in [2.75, 3.05) is 11.4 Å². The zero-order valence-electron chi connectivity index (χ0n) is 11.4. The van der Waals surface area contributed by atoms with Crippen molar-refractivity contribution in [3.05, 3.63) is 64.7 Å². The van der Waals surface area contributed by atoms with E-state index in [2.05, 4.69) is 41.3 Å². The van der Waals surface area contributed by atoms with Gasteiger partial charge in [-0.25, -0.2) is 0 Å². The minimum absolute atomic E-state index is 0.455. The summed E-state index contributed by atoms with van der Waals surface area (Å²) in [6, 6.07) is 17.4. The van der Waals surface area contributed by atoms with E-state index in [1.807, 2.05) is 12.1 Å². The van der Waals surface area contributed by atoms with Gasteiger partial charge in [0.1, 0.15) is 0 Å². The van der Waals surface area contributed by atoms with Gasteiger partial charge in [-0.05, 0) is 36.1 Å². The molecule has 0 aliphatic carbocycles. The topological polar surface area (TPSA) is 29.3 Å². The first-order chi connectivity index (χ1) is 9.79. The van der Waals surface area contributed by atoms with Crippen molar-refractivity contribution in [1.29, 1.82) is 0 Å². The van der Waals surface area contributed by atoms with Gasteiger partial charge in [0.05, 0.1) is 6.04 Å². The molecule has 1 saturated heterocycles. The summed E-state index contributed by atoms with van der Waals surface area (Å²) in [5.74, 6) is 0. The molecule has 2 aromatic carbocycles. The van der Waals surface area contributed by atoms with Crippen LogP contribution in [0.4, 0.5) is 5.69 Å². The molecule has 1 unspecified atom stereocenters. The molecule has 0 saturated carbocycles. The van der Waals surface area contributed by atoms with Gasteiger partial charge in [-0.2, -0.15) is 0 Å². The first kappa shape index (κ1) is 13.5. The van der Waals surface area contributed by atoms with Crippen molar-refractivity contribution in [2.45, 2.75) is 25.4 Å². The first-order valence-corrected chi connectivity index (χ1v) is 7.47. The Labute approximate surface area is 125 Å². The monoisotopic (exact) mass is 286 g/mol. The normalized spacial score (nSPS) is 18.5. The quantitative estimate of drug-likeness (QED) is 0.919. The summed E-state index contributed by atoms with van der Waals surface area (Å²) < 4.78 is 0. The van der Waals surface area contributed by atoms with Crippen molar-refractivity contribution in [2.24, 2.45) is 5.73 Å². The zero-order chi connectivity index (χ0) is 13.9. The average Bonchev–Trinajstić information content (AvgIpc) is 2.97. The van der Waals surface area contributed by atoms with Gasteiger partial charge in [-0.1, -0.05) is 48.0 Å². The molecule has 2 aromatic rings. The molecule has 1 fully saturated rings. The van der Waals surface area contributed by atoms with Gasteiger partial charge in [0.2, 0.25) is 0 Å². The highest BCUT2D eigenvalue weighted by atomic mass is 35.5. The highest BCUT2D eigenvalue weighted by Gasteiger charge is 2.26. The SMILES string of the molecule is NCc1ccc(N2CCCC2c2ccccc2)cc1Cl. The Hall–Kier alpha value is -1.51. The van der Waals surface area contributed by atoms with Gasteiger partial charge in [0, 0.05) is 23.8 Å². The van der Waals surface area contributed by atoms with E-state index in [9.17, 15) is 0 Å². The Morgan fingerprint density at radius 2 is 1.95 bits per heavy atom. The Balaban J connectivity index is 1.91. The Bertz CT molecular complexity index is 583. The van der Waals surface area contributed by atoms with Crippen LogP contribution in [0.25, 0.3) is 0 Å². The number of anilines is 1. The summed E-state index contributed by atoms with van der Waals surface area (Å²) in [7, 11) is 0. The summed E-state index contributed by atoms with van der Waals surface area (Å²) >= 11 is 6.30. The molecular weight excluding hydrogens is 268 g/mol. The lowest BCUT2D eigenvalue weighted by atomic mass is 10.0. The van der Waals surface area contributed by atoms with Gasteiger partial charge < -0.3 is 10.6 Å². The maximum absolute atomic E-state index is 6.30. The molecule has 0 spiro atoms. The average molecular weight is 287 g/mol. The second-order valence-electron chi connectivity index (χ2n) is 5.24. The second kappa shape index (κ2) is 5.86. The molecule has 2 N–H and O–H groups in total. The molecule has 20 heavy (non-hydrogen) atoms. The molecule has 0 radical (unpaired) electrons. The third-order valence-corrected chi connectivity index (χ3v) is 4.38. The van der Waals surface area contributed by atoms with Crippen LogP contribution < -0.4 is 10.6 Å². The molecule has 104 valence electrons. The second-order valence-corrected chi connectivity index (χ2v) is 5.65. The minimum Gasteiger partial charge on any atom is -0.364 e. The van der Waals surface area contributed by atoms with E-state index in [1.54, 1.807) is 0 Å². The lowest BCUT2D eigenvalue weighted by Gasteiger charge is -2.27. The smallest absolute Gasteiger partial charge is 0.0543 e. The van der Waals surface area contributed by atoms with E-state index in [0.717, 1.165) is 17.1 Å². The van der Waals surface area contributed by atoms with Crippen LogP contribution in [0, 0.1) is 0 Å². The minimum atomic E-state index is 0.455. The lowest BCUT2D eigenvalue weighted by molar-refractivity contribution is 0.719. The molecular formula is C17H19ClN2. The molecule has 1 aliphatic rings. The summed E-state index contributed by atoms with van der Waals surface area (Å²) in [5, 5.41) is 0.767. The van der Waals surface area contributed by atoms with Crippen LogP contribution in [0.15, 0.2) is 48.5 Å². The number of benzene rings is 2. The molecule has 3 heteroatoms. The lowest BCUT2D eigenvalue weighted by Crippen LogP contribution is -2.22. The number of hydrogen-bond acceptors (Lipinski definition) is 2. The number of hydrogen-bond donors (Lipinski definition) is 1. The standard InChI is InChI=1S/C17H19ClN2/c18-16-11-15(9-8-14(16)12-19)20-10-4-7-17(20)13-5-2-1-3-6-13/h1-3,5-6,8-9,11,17H,4,7,10,12,19H2. The highest BCUT2D eigenvalue weighted by molar-refractivity contribution is 6.31. The van der Waals surface area contributed by atoms with Crippen LogP contribution in [0.2, 0.25) is 5.02 Å². The molecule has 0 aromatic heterocycles. The van der Waals surface area contributed by atoms with Crippen LogP contribution in [0.3, 0.4) is 0 Å². The molecule has 0 amide bonds. The Morgan fingerprint density at radius 3 is 2.65 bits per heavy atom. The third kappa shape index (κ3) is 2.54. The number of halogens is 1. The summed E-state index contributed by atoms with van der Waals surface area (Å²) in [6.45, 7) is 1.57. The van der Waals surface area contributed by atoms with E-state index in [-0.39, 0.29) is 0 Å². The first-order valence-electron chi connectivity index (χ1n) is 7.09. The van der Waals surface area contributed by atoms with E-state index >= 15 is 0 Å². The van der Waals surface area contributed by atoms with Crippen LogP contribution in [0.1, 0.15) is 30.0 Å². The van der Waals surface area contributed by atoms with Gasteiger partial charge in [0.25, 0.3) is 0 Å². The van der Waals surface area contributed by atoms with E-state index in [4.69, 9.17) is 17.3 Å². The van der Waals surface area contributed by atoms with Crippen LogP contribution >= 0.6 is 11.6 Å². The van der Waals surface area contributed by atoms with Crippen LogP contribution in [-0.4, -0.2) is 6.54 Å². The highest BCUT2D eigenvalue weighted by Crippen LogP contribution is 2.37. The van der Waals surface area contributed by atoms with Crippen molar-refractivity contribution in [1.82, 2.24) is 0 Å². The summed E-state index contributed by atoms with van der Waals surface area (Å²) in [4.78, 5) is 2.45.